The van der Waals surface area contributed by atoms with E-state index in [0.717, 1.165) is 23.9 Å². The van der Waals surface area contributed by atoms with Gasteiger partial charge >= 0.3 is 0 Å². The van der Waals surface area contributed by atoms with Gasteiger partial charge in [0.05, 0.1) is 5.02 Å². The van der Waals surface area contributed by atoms with Crippen molar-refractivity contribution < 1.29 is 0 Å². The summed E-state index contributed by atoms with van der Waals surface area (Å²) in [7, 11) is 0. The third kappa shape index (κ3) is 2.47. The van der Waals surface area contributed by atoms with Crippen molar-refractivity contribution in [1.82, 2.24) is 4.98 Å². The van der Waals surface area contributed by atoms with Crippen molar-refractivity contribution in [2.24, 2.45) is 11.7 Å². The minimum absolute atomic E-state index is 0.241. The summed E-state index contributed by atoms with van der Waals surface area (Å²) in [5, 5.41) is 0.729. The minimum atomic E-state index is 0.241. The first-order chi connectivity index (χ1) is 7.68. The Morgan fingerprint density at radius 2 is 2.44 bits per heavy atom. The molecule has 0 saturated carbocycles. The van der Waals surface area contributed by atoms with E-state index in [4.69, 9.17) is 17.3 Å². The first kappa shape index (κ1) is 11.7. The molecule has 88 valence electrons. The van der Waals surface area contributed by atoms with Crippen molar-refractivity contribution in [1.29, 1.82) is 0 Å². The van der Waals surface area contributed by atoms with Crippen molar-refractivity contribution in [3.63, 3.8) is 0 Å². The molecule has 0 bridgehead atoms. The standard InChI is InChI=1S/C12H18ClN3/c1-9(14)10-4-3-7-16(8-10)12-11(13)5-2-6-15-12/h2,5-6,9-10H,3-4,7-8,14H2,1H3. The summed E-state index contributed by atoms with van der Waals surface area (Å²) in [6.45, 7) is 4.07. The molecular weight excluding hydrogens is 222 g/mol. The summed E-state index contributed by atoms with van der Waals surface area (Å²) in [4.78, 5) is 6.60. The predicted octanol–water partition coefficient (Wildman–Crippen LogP) is 2.30. The third-order valence-corrected chi connectivity index (χ3v) is 3.54. The Morgan fingerprint density at radius 1 is 1.62 bits per heavy atom. The van der Waals surface area contributed by atoms with Crippen LogP contribution in [0.5, 0.6) is 0 Å². The van der Waals surface area contributed by atoms with Crippen LogP contribution in [0, 0.1) is 5.92 Å². The van der Waals surface area contributed by atoms with E-state index in [2.05, 4.69) is 16.8 Å². The van der Waals surface area contributed by atoms with E-state index in [1.165, 1.54) is 12.8 Å². The van der Waals surface area contributed by atoms with E-state index in [1.54, 1.807) is 6.20 Å². The Hall–Kier alpha value is -0.800. The monoisotopic (exact) mass is 239 g/mol. The van der Waals surface area contributed by atoms with Crippen molar-refractivity contribution in [3.05, 3.63) is 23.4 Å². The second kappa shape index (κ2) is 5.02. The van der Waals surface area contributed by atoms with Gasteiger partial charge in [0.25, 0.3) is 0 Å². The fourth-order valence-corrected chi connectivity index (χ4v) is 2.48. The maximum atomic E-state index is 6.15. The largest absolute Gasteiger partial charge is 0.355 e. The zero-order valence-corrected chi connectivity index (χ0v) is 10.3. The van der Waals surface area contributed by atoms with Crippen molar-refractivity contribution >= 4 is 17.4 Å². The second-order valence-corrected chi connectivity index (χ2v) is 4.92. The fraction of sp³-hybridized carbons (Fsp3) is 0.583. The highest BCUT2D eigenvalue weighted by Gasteiger charge is 2.24. The first-order valence-electron chi connectivity index (χ1n) is 5.79. The number of piperidine rings is 1. The molecule has 2 N–H and O–H groups in total. The van der Waals surface area contributed by atoms with Gasteiger partial charge in [-0.3, -0.25) is 0 Å². The average molecular weight is 240 g/mol. The average Bonchev–Trinajstić information content (AvgIpc) is 2.30. The molecule has 3 nitrogen and oxygen atoms in total. The summed E-state index contributed by atoms with van der Waals surface area (Å²) in [6.07, 6.45) is 4.16. The van der Waals surface area contributed by atoms with E-state index in [1.807, 2.05) is 12.1 Å². The molecule has 2 atom stereocenters. The molecule has 2 heterocycles. The lowest BCUT2D eigenvalue weighted by Gasteiger charge is -2.35. The molecule has 0 aromatic carbocycles. The summed E-state index contributed by atoms with van der Waals surface area (Å²) >= 11 is 6.15. The smallest absolute Gasteiger partial charge is 0.147 e. The highest BCUT2D eigenvalue weighted by Crippen LogP contribution is 2.27. The molecule has 2 rings (SSSR count). The van der Waals surface area contributed by atoms with Gasteiger partial charge in [0, 0.05) is 25.3 Å². The summed E-state index contributed by atoms with van der Waals surface area (Å²) < 4.78 is 0. The molecular formula is C12H18ClN3. The van der Waals surface area contributed by atoms with Crippen molar-refractivity contribution in [3.8, 4) is 0 Å². The van der Waals surface area contributed by atoms with Gasteiger partial charge in [-0.2, -0.15) is 0 Å². The molecule has 16 heavy (non-hydrogen) atoms. The number of nitrogens with zero attached hydrogens (tertiary/aromatic N) is 2. The number of anilines is 1. The fourth-order valence-electron chi connectivity index (χ4n) is 2.24. The molecule has 1 aliphatic rings. The normalized spacial score (nSPS) is 23.2. The van der Waals surface area contributed by atoms with Crippen LogP contribution in [0.2, 0.25) is 5.02 Å². The van der Waals surface area contributed by atoms with Crippen LogP contribution in [0.25, 0.3) is 0 Å². The van der Waals surface area contributed by atoms with Gasteiger partial charge in [-0.05, 0) is 37.8 Å². The minimum Gasteiger partial charge on any atom is -0.355 e. The number of aromatic nitrogens is 1. The maximum Gasteiger partial charge on any atom is 0.147 e. The van der Waals surface area contributed by atoms with E-state index in [-0.39, 0.29) is 6.04 Å². The molecule has 1 aromatic rings. The highest BCUT2D eigenvalue weighted by atomic mass is 35.5. The number of hydrogen-bond donors (Lipinski definition) is 1. The molecule has 1 aromatic heterocycles. The molecule has 1 saturated heterocycles. The van der Waals surface area contributed by atoms with Gasteiger partial charge in [-0.1, -0.05) is 11.6 Å². The van der Waals surface area contributed by atoms with Crippen LogP contribution in [0.1, 0.15) is 19.8 Å². The summed E-state index contributed by atoms with van der Waals surface area (Å²) in [6, 6.07) is 3.99. The number of halogens is 1. The van der Waals surface area contributed by atoms with Crippen molar-refractivity contribution in [2.45, 2.75) is 25.8 Å². The van der Waals surface area contributed by atoms with Gasteiger partial charge in [-0.25, -0.2) is 4.98 Å². The second-order valence-electron chi connectivity index (χ2n) is 4.52. The zero-order chi connectivity index (χ0) is 11.5. The lowest BCUT2D eigenvalue weighted by Crippen LogP contribution is -2.42. The lowest BCUT2D eigenvalue weighted by molar-refractivity contribution is 0.363. The van der Waals surface area contributed by atoms with Gasteiger partial charge in [-0.15, -0.1) is 0 Å². The number of pyridine rings is 1. The Kier molecular flexibility index (Phi) is 3.66. The molecule has 0 aliphatic carbocycles. The van der Waals surface area contributed by atoms with E-state index in [9.17, 15) is 0 Å². The van der Waals surface area contributed by atoms with Gasteiger partial charge in [0.1, 0.15) is 5.82 Å². The number of rotatable bonds is 2. The Bertz CT molecular complexity index is 354. The van der Waals surface area contributed by atoms with Gasteiger partial charge < -0.3 is 10.6 Å². The molecule has 4 heteroatoms. The Labute approximate surface area is 102 Å². The van der Waals surface area contributed by atoms with E-state index < -0.39 is 0 Å². The first-order valence-corrected chi connectivity index (χ1v) is 6.17. The van der Waals surface area contributed by atoms with Crippen LogP contribution in [0.15, 0.2) is 18.3 Å². The molecule has 0 amide bonds. The van der Waals surface area contributed by atoms with Crippen molar-refractivity contribution in [2.75, 3.05) is 18.0 Å². The highest BCUT2D eigenvalue weighted by molar-refractivity contribution is 6.32. The van der Waals surface area contributed by atoms with Crippen LogP contribution in [-0.2, 0) is 0 Å². The van der Waals surface area contributed by atoms with Crippen LogP contribution in [-0.4, -0.2) is 24.1 Å². The molecule has 2 unspecified atom stereocenters. The van der Waals surface area contributed by atoms with Crippen LogP contribution in [0.4, 0.5) is 5.82 Å². The topological polar surface area (TPSA) is 42.1 Å². The molecule has 0 spiro atoms. The number of hydrogen-bond acceptors (Lipinski definition) is 3. The summed E-state index contributed by atoms with van der Waals surface area (Å²) in [5.74, 6) is 1.45. The Balaban J connectivity index is 2.13. The van der Waals surface area contributed by atoms with E-state index in [0.29, 0.717) is 5.92 Å². The maximum absolute atomic E-state index is 6.15. The van der Waals surface area contributed by atoms with Crippen LogP contribution >= 0.6 is 11.6 Å². The van der Waals surface area contributed by atoms with E-state index >= 15 is 0 Å². The quantitative estimate of drug-likeness (QED) is 0.861. The predicted molar refractivity (Wildman–Crippen MR) is 67.8 cm³/mol. The molecule has 1 aliphatic heterocycles. The van der Waals surface area contributed by atoms with Crippen LogP contribution < -0.4 is 10.6 Å². The molecule has 1 fully saturated rings. The number of nitrogens with two attached hydrogens (primary N) is 1. The van der Waals surface area contributed by atoms with Crippen LogP contribution in [0.3, 0.4) is 0 Å². The lowest BCUT2D eigenvalue weighted by atomic mass is 9.92. The van der Waals surface area contributed by atoms with Gasteiger partial charge in [0.2, 0.25) is 0 Å². The zero-order valence-electron chi connectivity index (χ0n) is 9.56. The third-order valence-electron chi connectivity index (χ3n) is 3.24. The van der Waals surface area contributed by atoms with Gasteiger partial charge in [0.15, 0.2) is 0 Å². The SMILES string of the molecule is CC(N)C1CCCN(c2ncccc2Cl)C1. The Morgan fingerprint density at radius 3 is 3.12 bits per heavy atom. The summed E-state index contributed by atoms with van der Waals surface area (Å²) in [5.41, 5.74) is 5.97. The molecule has 0 radical (unpaired) electrons.